The van der Waals surface area contributed by atoms with Crippen molar-refractivity contribution >= 4 is 33.5 Å². The van der Waals surface area contributed by atoms with Gasteiger partial charge < -0.3 is 10.4 Å². The number of aliphatic carboxylic acids is 1. The van der Waals surface area contributed by atoms with E-state index >= 15 is 0 Å². The van der Waals surface area contributed by atoms with E-state index in [2.05, 4.69) is 21.2 Å². The normalized spacial score (nSPS) is 26.6. The average Bonchev–Trinajstić information content (AvgIpc) is 3.15. The molecule has 0 saturated heterocycles. The maximum Gasteiger partial charge on any atom is 0.332 e. The number of carboxylic acids is 1. The molecule has 0 heterocycles. The second kappa shape index (κ2) is 4.56. The summed E-state index contributed by atoms with van der Waals surface area (Å²) < 4.78 is 0.927. The first-order valence-electron chi connectivity index (χ1n) is 7.25. The Bertz CT molecular complexity index is 744. The van der Waals surface area contributed by atoms with Gasteiger partial charge in [0.15, 0.2) is 0 Å². The number of allylic oxidation sites excluding steroid dienone is 2. The number of carbonyl (C=O) groups is 2. The van der Waals surface area contributed by atoms with Gasteiger partial charge in [-0.25, -0.2) is 4.79 Å². The summed E-state index contributed by atoms with van der Waals surface area (Å²) in [7, 11) is 0. The van der Waals surface area contributed by atoms with Crippen LogP contribution < -0.4 is 5.32 Å². The number of anilines is 1. The highest BCUT2D eigenvalue weighted by Crippen LogP contribution is 2.70. The Hall–Kier alpha value is -1.88. The van der Waals surface area contributed by atoms with Gasteiger partial charge in [-0.3, -0.25) is 4.79 Å². The SMILES string of the molecule is O=C(O)C1=C(C(=O)Nc2ccc(Br)cc2)C2C=CC1C21CC1. The van der Waals surface area contributed by atoms with Gasteiger partial charge in [0, 0.05) is 27.6 Å². The quantitative estimate of drug-likeness (QED) is 0.813. The van der Waals surface area contributed by atoms with Crippen LogP contribution in [0.2, 0.25) is 0 Å². The lowest BCUT2D eigenvalue weighted by molar-refractivity contribution is -0.133. The van der Waals surface area contributed by atoms with Crippen molar-refractivity contribution in [1.29, 1.82) is 0 Å². The molecule has 112 valence electrons. The van der Waals surface area contributed by atoms with Gasteiger partial charge in [-0.15, -0.1) is 0 Å². The second-order valence-electron chi connectivity index (χ2n) is 6.17. The highest BCUT2D eigenvalue weighted by molar-refractivity contribution is 9.10. The zero-order valence-electron chi connectivity index (χ0n) is 11.7. The highest BCUT2D eigenvalue weighted by atomic mass is 79.9. The smallest absolute Gasteiger partial charge is 0.332 e. The number of benzene rings is 1. The standard InChI is InChI=1S/C17H14BrNO3/c18-9-1-3-10(4-2-9)19-15(20)13-11-5-6-12(14(13)16(21)22)17(11)7-8-17/h1-6,11-12H,7-8H2,(H,19,20)(H,21,22). The van der Waals surface area contributed by atoms with Crippen LogP contribution in [0.15, 0.2) is 52.0 Å². The molecule has 3 aliphatic carbocycles. The minimum absolute atomic E-state index is 0.0138. The van der Waals surface area contributed by atoms with Crippen LogP contribution in [0.4, 0.5) is 5.69 Å². The van der Waals surface area contributed by atoms with Crippen LogP contribution in [0.5, 0.6) is 0 Å². The van der Waals surface area contributed by atoms with Crippen LogP contribution in [0.3, 0.4) is 0 Å². The van der Waals surface area contributed by atoms with E-state index in [-0.39, 0.29) is 23.2 Å². The molecule has 22 heavy (non-hydrogen) atoms. The number of rotatable bonds is 3. The van der Waals surface area contributed by atoms with Crippen molar-refractivity contribution in [1.82, 2.24) is 0 Å². The van der Waals surface area contributed by atoms with Crippen LogP contribution in [0.1, 0.15) is 12.8 Å². The fourth-order valence-corrected chi connectivity index (χ4v) is 4.18. The van der Waals surface area contributed by atoms with Crippen LogP contribution in [0.25, 0.3) is 0 Å². The van der Waals surface area contributed by atoms with Crippen LogP contribution in [-0.4, -0.2) is 17.0 Å². The van der Waals surface area contributed by atoms with Crippen molar-refractivity contribution in [3.63, 3.8) is 0 Å². The molecule has 1 spiro atoms. The minimum Gasteiger partial charge on any atom is -0.478 e. The molecule has 1 saturated carbocycles. The van der Waals surface area contributed by atoms with Gasteiger partial charge in [0.25, 0.3) is 5.91 Å². The van der Waals surface area contributed by atoms with Gasteiger partial charge in [-0.2, -0.15) is 0 Å². The maximum atomic E-state index is 12.6. The summed E-state index contributed by atoms with van der Waals surface area (Å²) in [5, 5.41) is 12.4. The molecule has 3 aliphatic rings. The number of hydrogen-bond donors (Lipinski definition) is 2. The molecular weight excluding hydrogens is 346 g/mol. The maximum absolute atomic E-state index is 12.6. The van der Waals surface area contributed by atoms with Crippen molar-refractivity contribution in [3.8, 4) is 0 Å². The fraction of sp³-hybridized carbons (Fsp3) is 0.294. The summed E-state index contributed by atoms with van der Waals surface area (Å²) in [5.41, 5.74) is 1.39. The number of halogens is 1. The van der Waals surface area contributed by atoms with Gasteiger partial charge in [-0.1, -0.05) is 28.1 Å². The summed E-state index contributed by atoms with van der Waals surface area (Å²) in [6, 6.07) is 7.26. The molecule has 1 amide bonds. The predicted octanol–water partition coefficient (Wildman–Crippen LogP) is 3.36. The Balaban J connectivity index is 1.66. The van der Waals surface area contributed by atoms with Crippen LogP contribution in [-0.2, 0) is 9.59 Å². The van der Waals surface area contributed by atoms with E-state index in [1.54, 1.807) is 12.1 Å². The Kier molecular flexibility index (Phi) is 2.85. The summed E-state index contributed by atoms with van der Waals surface area (Å²) in [4.78, 5) is 24.3. The largest absolute Gasteiger partial charge is 0.478 e. The van der Waals surface area contributed by atoms with Gasteiger partial charge in [-0.05, 0) is 42.5 Å². The number of hydrogen-bond acceptors (Lipinski definition) is 2. The van der Waals surface area contributed by atoms with Crippen molar-refractivity contribution in [3.05, 3.63) is 52.0 Å². The van der Waals surface area contributed by atoms with Crippen LogP contribution >= 0.6 is 15.9 Å². The van der Waals surface area contributed by atoms with Crippen molar-refractivity contribution < 1.29 is 14.7 Å². The lowest BCUT2D eigenvalue weighted by Gasteiger charge is -2.16. The molecule has 4 nitrogen and oxygen atoms in total. The first kappa shape index (κ1) is 13.8. The topological polar surface area (TPSA) is 66.4 Å². The second-order valence-corrected chi connectivity index (χ2v) is 7.08. The van der Waals surface area contributed by atoms with Crippen molar-refractivity contribution in [2.75, 3.05) is 5.32 Å². The van der Waals surface area contributed by atoms with E-state index in [0.29, 0.717) is 16.8 Å². The van der Waals surface area contributed by atoms with Crippen LogP contribution in [0, 0.1) is 17.3 Å². The molecule has 0 radical (unpaired) electrons. The summed E-state index contributed by atoms with van der Waals surface area (Å²) in [6.45, 7) is 0. The molecule has 2 atom stereocenters. The van der Waals surface area contributed by atoms with Crippen molar-refractivity contribution in [2.45, 2.75) is 12.8 Å². The Morgan fingerprint density at radius 2 is 1.68 bits per heavy atom. The van der Waals surface area contributed by atoms with E-state index in [1.165, 1.54) is 0 Å². The third kappa shape index (κ3) is 1.81. The molecule has 1 fully saturated rings. The summed E-state index contributed by atoms with van der Waals surface area (Å²) in [6.07, 6.45) is 5.99. The number of amides is 1. The molecule has 4 rings (SSSR count). The molecule has 0 aliphatic heterocycles. The van der Waals surface area contributed by atoms with Gasteiger partial charge in [0.1, 0.15) is 0 Å². The zero-order chi connectivity index (χ0) is 15.5. The van der Waals surface area contributed by atoms with E-state index < -0.39 is 5.97 Å². The zero-order valence-corrected chi connectivity index (χ0v) is 13.3. The highest BCUT2D eigenvalue weighted by Gasteiger charge is 2.64. The van der Waals surface area contributed by atoms with Crippen molar-refractivity contribution in [2.24, 2.45) is 17.3 Å². The molecular formula is C17H14BrNO3. The van der Waals surface area contributed by atoms with Gasteiger partial charge >= 0.3 is 5.97 Å². The summed E-state index contributed by atoms with van der Waals surface area (Å²) in [5.74, 6) is -1.40. The Morgan fingerprint density at radius 1 is 1.09 bits per heavy atom. The molecule has 1 aromatic carbocycles. The third-order valence-electron chi connectivity index (χ3n) is 5.05. The monoisotopic (exact) mass is 359 g/mol. The van der Waals surface area contributed by atoms with Gasteiger partial charge in [0.2, 0.25) is 0 Å². The van der Waals surface area contributed by atoms with Gasteiger partial charge in [0.05, 0.1) is 5.57 Å². The predicted molar refractivity (Wildman–Crippen MR) is 85.2 cm³/mol. The third-order valence-corrected chi connectivity index (χ3v) is 5.58. The van der Waals surface area contributed by atoms with E-state index in [1.807, 2.05) is 24.3 Å². The molecule has 0 aromatic heterocycles. The lowest BCUT2D eigenvalue weighted by Crippen LogP contribution is -2.22. The first-order chi connectivity index (χ1) is 10.5. The lowest BCUT2D eigenvalue weighted by atomic mass is 9.88. The molecule has 2 bridgehead atoms. The first-order valence-corrected chi connectivity index (χ1v) is 8.05. The Labute approximate surface area is 136 Å². The molecule has 1 aromatic rings. The number of carbonyl (C=O) groups excluding carboxylic acids is 1. The van der Waals surface area contributed by atoms with E-state index in [0.717, 1.165) is 17.3 Å². The molecule has 5 heteroatoms. The van der Waals surface area contributed by atoms with E-state index in [9.17, 15) is 14.7 Å². The fourth-order valence-electron chi connectivity index (χ4n) is 3.91. The molecule has 2 unspecified atom stereocenters. The summed E-state index contributed by atoms with van der Waals surface area (Å²) >= 11 is 3.35. The average molecular weight is 360 g/mol. The minimum atomic E-state index is -0.968. The number of nitrogens with one attached hydrogen (secondary N) is 1. The van der Waals surface area contributed by atoms with E-state index in [4.69, 9.17) is 0 Å². The Morgan fingerprint density at radius 3 is 2.23 bits per heavy atom. The molecule has 2 N–H and O–H groups in total. The number of carboxylic acid groups (broad SMARTS) is 1.